The number of fused-ring (bicyclic) bond motifs is 5. The standard InChI is InChI=1S/C40H28O5S/c41-36-35(37(42)39(44)40(45)38(36)43)34-28-15-7-5-13-26(28)33(27-14-6-8-16-29(27)34)24-12-4-9-17-31-30(20-24)25-19-18-23(21-32(25)46-31)22-10-2-1-3-11-22/h2,5-8,10-11,13-21,24,41-45H,1,3,9H2/b30-20?,31-17+. The van der Waals surface area contributed by atoms with Gasteiger partial charge in [0, 0.05) is 26.6 Å². The van der Waals surface area contributed by atoms with Crippen molar-refractivity contribution in [2.45, 2.75) is 25.2 Å². The molecule has 2 aliphatic rings. The molecule has 46 heavy (non-hydrogen) atoms. The molecule has 0 fully saturated rings. The summed E-state index contributed by atoms with van der Waals surface area (Å²) in [7, 11) is 0. The first kappa shape index (κ1) is 27.9. The van der Waals surface area contributed by atoms with Crippen molar-refractivity contribution in [2.75, 3.05) is 0 Å². The van der Waals surface area contributed by atoms with Crippen LogP contribution in [0.3, 0.4) is 0 Å². The maximum Gasteiger partial charge on any atom is 0.208 e. The molecule has 8 rings (SSSR count). The van der Waals surface area contributed by atoms with Crippen LogP contribution in [-0.2, 0) is 0 Å². The van der Waals surface area contributed by atoms with Gasteiger partial charge < -0.3 is 25.5 Å². The molecule has 0 aliphatic heterocycles. The second kappa shape index (κ2) is 10.8. The van der Waals surface area contributed by atoms with Gasteiger partial charge >= 0.3 is 0 Å². The third-order valence-electron chi connectivity index (χ3n) is 8.97. The second-order valence-corrected chi connectivity index (χ2v) is 12.7. The number of hydrogen-bond acceptors (Lipinski definition) is 6. The molecule has 5 aromatic carbocycles. The SMILES string of the molecule is Oc1c(O)c(O)c(-c2c3ccccc3c(C3C#CC/C=c4/sc5cc(C6=CCCC=C6)ccc5c4=C3)c3ccccc23)c(O)c1O. The van der Waals surface area contributed by atoms with E-state index in [1.165, 1.54) is 25.8 Å². The molecule has 0 bridgehead atoms. The number of allylic oxidation sites excluding steroid dienone is 4. The summed E-state index contributed by atoms with van der Waals surface area (Å²) in [6, 6.07) is 22.0. The van der Waals surface area contributed by atoms with Crippen molar-refractivity contribution in [1.29, 1.82) is 0 Å². The Kier molecular flexibility index (Phi) is 6.52. The predicted molar refractivity (Wildman–Crippen MR) is 187 cm³/mol. The zero-order chi connectivity index (χ0) is 31.5. The van der Waals surface area contributed by atoms with Gasteiger partial charge in [0.1, 0.15) is 0 Å². The summed E-state index contributed by atoms with van der Waals surface area (Å²) in [5, 5.41) is 58.5. The topological polar surface area (TPSA) is 101 Å². The lowest BCUT2D eigenvalue weighted by molar-refractivity contribution is 0.330. The lowest BCUT2D eigenvalue weighted by atomic mass is 9.82. The quantitative estimate of drug-likeness (QED) is 0.0600. The van der Waals surface area contributed by atoms with Crippen molar-refractivity contribution in [3.8, 4) is 51.7 Å². The van der Waals surface area contributed by atoms with Gasteiger partial charge in [0.05, 0.1) is 11.5 Å². The minimum absolute atomic E-state index is 0.168. The fraction of sp³-hybridized carbons (Fsp3) is 0.100. The summed E-state index contributed by atoms with van der Waals surface area (Å²) >= 11 is 1.78. The number of thiophene rings is 1. The highest BCUT2D eigenvalue weighted by atomic mass is 32.1. The van der Waals surface area contributed by atoms with Crippen molar-refractivity contribution < 1.29 is 25.5 Å². The molecule has 0 saturated heterocycles. The maximum absolute atomic E-state index is 11.0. The van der Waals surface area contributed by atoms with Gasteiger partial charge in [-0.1, -0.05) is 103 Å². The highest BCUT2D eigenvalue weighted by Crippen LogP contribution is 2.57. The number of phenols is 5. The van der Waals surface area contributed by atoms with Gasteiger partial charge in [-0.3, -0.25) is 0 Å². The van der Waals surface area contributed by atoms with Gasteiger partial charge in [-0.2, -0.15) is 0 Å². The van der Waals surface area contributed by atoms with Crippen LogP contribution >= 0.6 is 11.3 Å². The minimum Gasteiger partial charge on any atom is -0.504 e. The summed E-state index contributed by atoms with van der Waals surface area (Å²) in [5.41, 5.74) is 3.71. The fourth-order valence-corrected chi connectivity index (χ4v) is 8.00. The Morgan fingerprint density at radius 3 is 1.96 bits per heavy atom. The first-order valence-electron chi connectivity index (χ1n) is 15.1. The van der Waals surface area contributed by atoms with E-state index in [0.717, 1.165) is 34.4 Å². The smallest absolute Gasteiger partial charge is 0.208 e. The third-order valence-corrected chi connectivity index (χ3v) is 10.1. The Labute approximate surface area is 268 Å². The van der Waals surface area contributed by atoms with E-state index in [-0.39, 0.29) is 11.5 Å². The van der Waals surface area contributed by atoms with Crippen LogP contribution in [0.1, 0.15) is 36.3 Å². The third kappa shape index (κ3) is 4.24. The second-order valence-electron chi connectivity index (χ2n) is 11.6. The Morgan fingerprint density at radius 1 is 0.652 bits per heavy atom. The lowest BCUT2D eigenvalue weighted by Crippen LogP contribution is -2.20. The van der Waals surface area contributed by atoms with E-state index in [4.69, 9.17) is 0 Å². The molecule has 0 saturated carbocycles. The molecule has 6 heteroatoms. The van der Waals surface area contributed by atoms with E-state index in [9.17, 15) is 25.5 Å². The van der Waals surface area contributed by atoms with Gasteiger partial charge in [0.25, 0.3) is 0 Å². The van der Waals surface area contributed by atoms with Gasteiger partial charge in [0.15, 0.2) is 11.5 Å². The Balaban J connectivity index is 1.42. The van der Waals surface area contributed by atoms with Crippen molar-refractivity contribution in [2.24, 2.45) is 0 Å². The Morgan fingerprint density at radius 2 is 1.30 bits per heavy atom. The molecular formula is C40H28O5S. The average Bonchev–Trinajstić information content (AvgIpc) is 3.41. The highest BCUT2D eigenvalue weighted by molar-refractivity contribution is 7.17. The molecule has 1 atom stereocenters. The normalized spacial score (nSPS) is 16.5. The van der Waals surface area contributed by atoms with Crippen molar-refractivity contribution >= 4 is 60.7 Å². The number of phenolic OH excluding ortho intramolecular Hbond substituents is 5. The number of hydrogen-bond donors (Lipinski definition) is 5. The predicted octanol–water partition coefficient (Wildman–Crippen LogP) is 7.89. The van der Waals surface area contributed by atoms with E-state index in [1.807, 2.05) is 48.5 Å². The van der Waals surface area contributed by atoms with Crippen molar-refractivity contribution in [3.63, 3.8) is 0 Å². The Hall–Kier alpha value is -5.64. The zero-order valence-corrected chi connectivity index (χ0v) is 25.4. The molecule has 224 valence electrons. The van der Waals surface area contributed by atoms with Gasteiger partial charge in [-0.15, -0.1) is 11.3 Å². The van der Waals surface area contributed by atoms with Crippen LogP contribution < -0.4 is 9.75 Å². The monoisotopic (exact) mass is 620 g/mol. The van der Waals surface area contributed by atoms with Gasteiger partial charge in [0.2, 0.25) is 17.2 Å². The maximum atomic E-state index is 11.0. The van der Waals surface area contributed by atoms with Crippen LogP contribution in [-0.4, -0.2) is 25.5 Å². The van der Waals surface area contributed by atoms with Crippen LogP contribution in [0.25, 0.3) is 60.5 Å². The van der Waals surface area contributed by atoms with E-state index in [1.54, 1.807) is 11.3 Å². The number of benzene rings is 5. The first-order chi connectivity index (χ1) is 22.4. The summed E-state index contributed by atoms with van der Waals surface area (Å²) in [6.45, 7) is 0. The summed E-state index contributed by atoms with van der Waals surface area (Å²) in [6.07, 6.45) is 13.9. The van der Waals surface area contributed by atoms with Crippen LogP contribution in [0.5, 0.6) is 28.7 Å². The molecule has 0 radical (unpaired) electrons. The van der Waals surface area contributed by atoms with Gasteiger partial charge in [-0.05, 0) is 62.4 Å². The van der Waals surface area contributed by atoms with Crippen LogP contribution in [0.4, 0.5) is 0 Å². The van der Waals surface area contributed by atoms with Crippen LogP contribution in [0.15, 0.2) is 85.0 Å². The molecular weight excluding hydrogens is 593 g/mol. The molecule has 0 amide bonds. The van der Waals surface area contributed by atoms with Crippen molar-refractivity contribution in [3.05, 3.63) is 106 Å². The van der Waals surface area contributed by atoms with E-state index in [0.29, 0.717) is 22.8 Å². The fourth-order valence-electron chi connectivity index (χ4n) is 6.83. The van der Waals surface area contributed by atoms with E-state index in [2.05, 4.69) is 60.4 Å². The highest BCUT2D eigenvalue weighted by Gasteiger charge is 2.28. The molecule has 6 aromatic rings. The van der Waals surface area contributed by atoms with Crippen LogP contribution in [0.2, 0.25) is 0 Å². The zero-order valence-electron chi connectivity index (χ0n) is 24.6. The molecule has 0 spiro atoms. The van der Waals surface area contributed by atoms with Crippen LogP contribution in [0, 0.1) is 11.8 Å². The molecule has 5 nitrogen and oxygen atoms in total. The lowest BCUT2D eigenvalue weighted by Gasteiger charge is -2.21. The largest absolute Gasteiger partial charge is 0.504 e. The van der Waals surface area contributed by atoms with Crippen molar-refractivity contribution in [1.82, 2.24) is 0 Å². The number of rotatable bonds is 3. The van der Waals surface area contributed by atoms with Gasteiger partial charge in [-0.25, -0.2) is 0 Å². The summed E-state index contributed by atoms with van der Waals surface area (Å²) in [4.78, 5) is 0. The average molecular weight is 621 g/mol. The molecule has 5 N–H and O–H groups in total. The summed E-state index contributed by atoms with van der Waals surface area (Å²) < 4.78 is 2.41. The summed E-state index contributed by atoms with van der Waals surface area (Å²) in [5.74, 6) is 2.36. The van der Waals surface area contributed by atoms with E-state index < -0.39 is 28.7 Å². The number of aromatic hydroxyl groups is 5. The Bertz CT molecular complexity index is 2440. The minimum atomic E-state index is -0.988. The molecule has 1 unspecified atom stereocenters. The molecule has 1 heterocycles. The van der Waals surface area contributed by atoms with E-state index >= 15 is 0 Å². The first-order valence-corrected chi connectivity index (χ1v) is 16.0. The molecule has 2 aliphatic carbocycles. The molecule has 1 aromatic heterocycles.